The zero-order chi connectivity index (χ0) is 11.1. The van der Waals surface area contributed by atoms with Gasteiger partial charge < -0.3 is 4.74 Å². The van der Waals surface area contributed by atoms with Crippen molar-refractivity contribution >= 4 is 11.9 Å². The van der Waals surface area contributed by atoms with Crippen molar-refractivity contribution in [2.24, 2.45) is 0 Å². The molecule has 0 amide bonds. The van der Waals surface area contributed by atoms with Gasteiger partial charge in [-0.3, -0.25) is 9.59 Å². The highest BCUT2D eigenvalue weighted by Crippen LogP contribution is 2.44. The monoisotopic (exact) mass is 216 g/mol. The van der Waals surface area contributed by atoms with Gasteiger partial charge in [-0.2, -0.15) is 0 Å². The molecule has 16 heavy (non-hydrogen) atoms. The molecular weight excluding hydrogens is 204 g/mol. The first-order valence-corrected chi connectivity index (χ1v) is 5.59. The van der Waals surface area contributed by atoms with Crippen LogP contribution in [0, 0.1) is 0 Å². The molecule has 0 aromatic heterocycles. The van der Waals surface area contributed by atoms with Crippen LogP contribution in [0.2, 0.25) is 0 Å². The molecule has 0 N–H and O–H groups in total. The van der Waals surface area contributed by atoms with Crippen LogP contribution >= 0.6 is 0 Å². The van der Waals surface area contributed by atoms with Crippen molar-refractivity contribution < 1.29 is 14.3 Å². The Morgan fingerprint density at radius 3 is 2.31 bits per heavy atom. The molecule has 1 unspecified atom stereocenters. The Balaban J connectivity index is 1.99. The second kappa shape index (κ2) is 3.44. The fourth-order valence-corrected chi connectivity index (χ4v) is 2.31. The highest BCUT2D eigenvalue weighted by molar-refractivity contribution is 5.98. The summed E-state index contributed by atoms with van der Waals surface area (Å²) in [6, 6.07) is 7.90. The number of ether oxygens (including phenoxy) is 1. The first-order chi connectivity index (χ1) is 7.75. The Bertz CT molecular complexity index is 460. The molecule has 3 nitrogen and oxygen atoms in total. The number of hydrogen-bond donors (Lipinski definition) is 0. The van der Waals surface area contributed by atoms with E-state index in [0.717, 1.165) is 5.56 Å². The molecule has 82 valence electrons. The van der Waals surface area contributed by atoms with Crippen LogP contribution in [0.4, 0.5) is 0 Å². The summed E-state index contributed by atoms with van der Waals surface area (Å²) < 4.78 is 4.61. The zero-order valence-electron chi connectivity index (χ0n) is 8.81. The summed E-state index contributed by atoms with van der Waals surface area (Å²) in [5.74, 6) is -0.581. The van der Waals surface area contributed by atoms with Crippen LogP contribution in [0.25, 0.3) is 0 Å². The quantitative estimate of drug-likeness (QED) is 0.561. The van der Waals surface area contributed by atoms with Gasteiger partial charge in [0.1, 0.15) is 0 Å². The van der Waals surface area contributed by atoms with E-state index in [9.17, 15) is 9.59 Å². The molecule has 1 aliphatic heterocycles. The van der Waals surface area contributed by atoms with Gasteiger partial charge in [0.25, 0.3) is 0 Å². The maximum Gasteiger partial charge on any atom is 0.321 e. The average Bonchev–Trinajstić information content (AvgIpc) is 3.05. The highest BCUT2D eigenvalue weighted by atomic mass is 16.6. The van der Waals surface area contributed by atoms with Crippen LogP contribution in [0.3, 0.4) is 0 Å². The minimum atomic E-state index is -0.402. The molecule has 0 radical (unpaired) electrons. The highest BCUT2D eigenvalue weighted by Gasteiger charge is 2.38. The fourth-order valence-electron chi connectivity index (χ4n) is 2.31. The Kier molecular flexibility index (Phi) is 2.06. The predicted octanol–water partition coefficient (Wildman–Crippen LogP) is 2.12. The van der Waals surface area contributed by atoms with E-state index in [1.165, 1.54) is 18.4 Å². The third kappa shape index (κ3) is 1.52. The van der Waals surface area contributed by atoms with Gasteiger partial charge in [-0.05, 0) is 29.9 Å². The SMILES string of the molecule is O=C1CC(c2ccccc2C2CC2)C(=O)O1. The lowest BCUT2D eigenvalue weighted by Gasteiger charge is -2.10. The van der Waals surface area contributed by atoms with Gasteiger partial charge in [0.2, 0.25) is 0 Å². The third-order valence-corrected chi connectivity index (χ3v) is 3.26. The largest absolute Gasteiger partial charge is 0.393 e. The molecule has 1 heterocycles. The zero-order valence-corrected chi connectivity index (χ0v) is 8.81. The van der Waals surface area contributed by atoms with Crippen molar-refractivity contribution in [3.05, 3.63) is 35.4 Å². The molecule has 1 saturated carbocycles. The maximum absolute atomic E-state index is 11.5. The van der Waals surface area contributed by atoms with E-state index >= 15 is 0 Å². The van der Waals surface area contributed by atoms with E-state index in [-0.39, 0.29) is 12.3 Å². The van der Waals surface area contributed by atoms with E-state index in [2.05, 4.69) is 10.8 Å². The lowest BCUT2D eigenvalue weighted by Crippen LogP contribution is -2.07. The molecule has 2 aliphatic rings. The number of hydrogen-bond acceptors (Lipinski definition) is 3. The smallest absolute Gasteiger partial charge is 0.321 e. The Labute approximate surface area is 93.4 Å². The topological polar surface area (TPSA) is 43.4 Å². The van der Waals surface area contributed by atoms with E-state index < -0.39 is 11.9 Å². The van der Waals surface area contributed by atoms with Gasteiger partial charge in [0.15, 0.2) is 0 Å². The van der Waals surface area contributed by atoms with Crippen molar-refractivity contribution in [1.82, 2.24) is 0 Å². The molecule has 1 atom stereocenters. The molecule has 3 rings (SSSR count). The summed E-state index contributed by atoms with van der Waals surface area (Å²) in [6.07, 6.45) is 2.57. The third-order valence-electron chi connectivity index (χ3n) is 3.26. The van der Waals surface area contributed by atoms with E-state index in [0.29, 0.717) is 5.92 Å². The van der Waals surface area contributed by atoms with Crippen LogP contribution in [-0.4, -0.2) is 11.9 Å². The van der Waals surface area contributed by atoms with Gasteiger partial charge >= 0.3 is 11.9 Å². The number of benzene rings is 1. The molecule has 2 fully saturated rings. The normalized spacial score (nSPS) is 24.6. The first kappa shape index (κ1) is 9.58. The average molecular weight is 216 g/mol. The number of cyclic esters (lactones) is 2. The van der Waals surface area contributed by atoms with Crippen molar-refractivity contribution in [1.29, 1.82) is 0 Å². The second-order valence-electron chi connectivity index (χ2n) is 4.45. The van der Waals surface area contributed by atoms with Crippen LogP contribution in [0.5, 0.6) is 0 Å². The molecule has 0 bridgehead atoms. The predicted molar refractivity (Wildman–Crippen MR) is 56.9 cm³/mol. The molecule has 1 aliphatic carbocycles. The van der Waals surface area contributed by atoms with Crippen molar-refractivity contribution in [3.8, 4) is 0 Å². The van der Waals surface area contributed by atoms with Crippen LogP contribution in [0.1, 0.15) is 42.2 Å². The summed E-state index contributed by atoms with van der Waals surface area (Å²) in [5, 5.41) is 0. The van der Waals surface area contributed by atoms with Crippen LogP contribution in [-0.2, 0) is 14.3 Å². The molecule has 1 aromatic rings. The maximum atomic E-state index is 11.5. The summed E-state index contributed by atoms with van der Waals surface area (Å²) in [7, 11) is 0. The second-order valence-corrected chi connectivity index (χ2v) is 4.45. The van der Waals surface area contributed by atoms with E-state index in [4.69, 9.17) is 0 Å². The van der Waals surface area contributed by atoms with Crippen LogP contribution in [0.15, 0.2) is 24.3 Å². The van der Waals surface area contributed by atoms with Crippen molar-refractivity contribution in [2.45, 2.75) is 31.1 Å². The Hall–Kier alpha value is -1.64. The van der Waals surface area contributed by atoms with E-state index in [1.807, 2.05) is 18.2 Å². The lowest BCUT2D eigenvalue weighted by molar-refractivity contribution is -0.152. The Morgan fingerprint density at radius 1 is 1.06 bits per heavy atom. The molecule has 1 aromatic carbocycles. The van der Waals surface area contributed by atoms with Gasteiger partial charge in [-0.1, -0.05) is 24.3 Å². The standard InChI is InChI=1S/C13H12O3/c14-12-7-11(13(15)16-12)10-4-2-1-3-9(10)8-5-6-8/h1-4,8,11H,5-7H2. The number of esters is 2. The first-order valence-electron chi connectivity index (χ1n) is 5.59. The van der Waals surface area contributed by atoms with Crippen molar-refractivity contribution in [3.63, 3.8) is 0 Å². The molecule has 0 spiro atoms. The van der Waals surface area contributed by atoms with Gasteiger partial charge in [-0.15, -0.1) is 0 Å². The number of carbonyl (C=O) groups is 2. The number of carbonyl (C=O) groups excluding carboxylic acids is 2. The number of rotatable bonds is 2. The fraction of sp³-hybridized carbons (Fsp3) is 0.385. The summed E-state index contributed by atoms with van der Waals surface area (Å²) in [4.78, 5) is 22.6. The molecule has 3 heteroatoms. The van der Waals surface area contributed by atoms with Gasteiger partial charge in [0.05, 0.1) is 12.3 Å². The lowest BCUT2D eigenvalue weighted by atomic mass is 9.91. The minimum absolute atomic E-state index is 0.197. The van der Waals surface area contributed by atoms with Crippen LogP contribution < -0.4 is 0 Å². The summed E-state index contributed by atoms with van der Waals surface area (Å²) in [6.45, 7) is 0. The molecular formula is C13H12O3. The molecule has 1 saturated heterocycles. The summed E-state index contributed by atoms with van der Waals surface area (Å²) >= 11 is 0. The van der Waals surface area contributed by atoms with Gasteiger partial charge in [-0.25, -0.2) is 0 Å². The van der Waals surface area contributed by atoms with E-state index in [1.54, 1.807) is 0 Å². The van der Waals surface area contributed by atoms with Gasteiger partial charge in [0, 0.05) is 0 Å². The van der Waals surface area contributed by atoms with Crippen molar-refractivity contribution in [2.75, 3.05) is 0 Å². The summed E-state index contributed by atoms with van der Waals surface area (Å²) in [5.41, 5.74) is 2.21. The minimum Gasteiger partial charge on any atom is -0.393 e. The Morgan fingerprint density at radius 2 is 1.75 bits per heavy atom.